The fourth-order valence-electron chi connectivity index (χ4n) is 4.33. The van der Waals surface area contributed by atoms with Crippen LogP contribution in [0.25, 0.3) is 11.3 Å². The van der Waals surface area contributed by atoms with Crippen LogP contribution in [0.4, 0.5) is 13.2 Å². The van der Waals surface area contributed by atoms with Gasteiger partial charge in [0.2, 0.25) is 5.91 Å². The van der Waals surface area contributed by atoms with Gasteiger partial charge in [0.25, 0.3) is 0 Å². The van der Waals surface area contributed by atoms with Crippen LogP contribution >= 0.6 is 0 Å². The van der Waals surface area contributed by atoms with E-state index in [4.69, 9.17) is 0 Å². The molecule has 0 bridgehead atoms. The molecule has 0 saturated heterocycles. The fraction of sp³-hybridized carbons (Fsp3) is 0.391. The summed E-state index contributed by atoms with van der Waals surface area (Å²) in [4.78, 5) is 41.5. The Labute approximate surface area is 177 Å². The molecule has 0 radical (unpaired) electrons. The van der Waals surface area contributed by atoms with Gasteiger partial charge in [-0.05, 0) is 42.7 Å². The Bertz CT molecular complexity index is 1080. The molecule has 162 valence electrons. The minimum absolute atomic E-state index is 0.0241. The van der Waals surface area contributed by atoms with Crippen LogP contribution in [0.5, 0.6) is 0 Å². The van der Waals surface area contributed by atoms with E-state index < -0.39 is 41.6 Å². The van der Waals surface area contributed by atoms with Crippen LogP contribution in [-0.2, 0) is 14.4 Å². The molecule has 1 aromatic carbocycles. The van der Waals surface area contributed by atoms with E-state index in [2.05, 4.69) is 10.3 Å². The number of aryl methyl sites for hydroxylation is 2. The van der Waals surface area contributed by atoms with Gasteiger partial charge in [0.1, 0.15) is 29.4 Å². The van der Waals surface area contributed by atoms with Crippen molar-refractivity contribution in [1.82, 2.24) is 10.3 Å². The monoisotopic (exact) mass is 430 g/mol. The molecular weight excluding hydrogens is 409 g/mol. The topological polar surface area (TPSA) is 76.1 Å². The maximum absolute atomic E-state index is 14.1. The number of nitrogens with one attached hydrogen (secondary N) is 1. The lowest BCUT2D eigenvalue weighted by Crippen LogP contribution is -2.30. The van der Waals surface area contributed by atoms with E-state index in [0.29, 0.717) is 22.3 Å². The molecule has 2 saturated carbocycles. The summed E-state index contributed by atoms with van der Waals surface area (Å²) < 4.78 is 40.3. The van der Waals surface area contributed by atoms with E-state index in [-0.39, 0.29) is 36.5 Å². The number of carbonyl (C=O) groups excluding carboxylic acids is 3. The Morgan fingerprint density at radius 1 is 1.16 bits per heavy atom. The van der Waals surface area contributed by atoms with E-state index >= 15 is 0 Å². The van der Waals surface area contributed by atoms with Gasteiger partial charge in [-0.15, -0.1) is 0 Å². The first-order valence-electron chi connectivity index (χ1n) is 10.1. The first-order valence-corrected chi connectivity index (χ1v) is 10.1. The van der Waals surface area contributed by atoms with Crippen LogP contribution in [0.3, 0.4) is 0 Å². The number of carbonyl (C=O) groups is 3. The number of amides is 1. The zero-order valence-electron chi connectivity index (χ0n) is 17.0. The molecule has 2 fully saturated rings. The van der Waals surface area contributed by atoms with Gasteiger partial charge in [-0.2, -0.15) is 0 Å². The highest BCUT2D eigenvalue weighted by Crippen LogP contribution is 2.39. The van der Waals surface area contributed by atoms with Crippen molar-refractivity contribution >= 4 is 17.5 Å². The SMILES string of the molecule is Cc1cc(-c2ncc(F)cc2F)cc(C)c1C1C(=O)CC(CC(=O)NC2CC2F)C1=O. The smallest absolute Gasteiger partial charge is 0.221 e. The van der Waals surface area contributed by atoms with Crippen LogP contribution in [0.2, 0.25) is 0 Å². The van der Waals surface area contributed by atoms with Crippen LogP contribution < -0.4 is 5.32 Å². The van der Waals surface area contributed by atoms with Crippen molar-refractivity contribution in [3.63, 3.8) is 0 Å². The van der Waals surface area contributed by atoms with Crippen molar-refractivity contribution in [2.45, 2.75) is 51.2 Å². The Morgan fingerprint density at radius 3 is 2.39 bits per heavy atom. The predicted molar refractivity (Wildman–Crippen MR) is 106 cm³/mol. The van der Waals surface area contributed by atoms with E-state index in [0.717, 1.165) is 12.3 Å². The highest BCUT2D eigenvalue weighted by Gasteiger charge is 2.45. The lowest BCUT2D eigenvalue weighted by atomic mass is 9.85. The van der Waals surface area contributed by atoms with Gasteiger partial charge in [-0.25, -0.2) is 13.2 Å². The second-order valence-electron chi connectivity index (χ2n) is 8.34. The Balaban J connectivity index is 1.58. The van der Waals surface area contributed by atoms with Gasteiger partial charge in [0.05, 0.1) is 12.2 Å². The number of nitrogens with zero attached hydrogens (tertiary/aromatic N) is 1. The van der Waals surface area contributed by atoms with Gasteiger partial charge in [-0.3, -0.25) is 19.4 Å². The quantitative estimate of drug-likeness (QED) is 0.737. The molecule has 4 rings (SSSR count). The van der Waals surface area contributed by atoms with Gasteiger partial charge in [0.15, 0.2) is 11.6 Å². The maximum atomic E-state index is 14.1. The molecular formula is C23H21F3N2O3. The molecule has 1 aromatic heterocycles. The Kier molecular flexibility index (Phi) is 5.41. The lowest BCUT2D eigenvalue weighted by molar-refractivity contribution is -0.128. The minimum atomic E-state index is -1.04. The number of hydrogen-bond acceptors (Lipinski definition) is 4. The molecule has 1 amide bonds. The van der Waals surface area contributed by atoms with Crippen molar-refractivity contribution in [2.75, 3.05) is 0 Å². The molecule has 31 heavy (non-hydrogen) atoms. The molecule has 4 unspecified atom stereocenters. The second-order valence-corrected chi connectivity index (χ2v) is 8.34. The van der Waals surface area contributed by atoms with Gasteiger partial charge < -0.3 is 5.32 Å². The standard InChI is InChI=1S/C23H21F3N2O3/c1-10-3-12(22-16(26)7-14(24)9-27-22)4-11(2)20(10)21-18(29)5-13(23(21)31)6-19(30)28-17-8-15(17)25/h3-4,7,9,13,15,17,21H,5-6,8H2,1-2H3,(H,28,30). The average molecular weight is 430 g/mol. The minimum Gasteiger partial charge on any atom is -0.350 e. The van der Waals surface area contributed by atoms with Gasteiger partial charge in [0, 0.05) is 36.8 Å². The first kappa shape index (κ1) is 21.2. The summed E-state index contributed by atoms with van der Waals surface area (Å²) in [6.07, 6.45) is -0.0358. The zero-order chi connectivity index (χ0) is 22.4. The second kappa shape index (κ2) is 7.90. The largest absolute Gasteiger partial charge is 0.350 e. The summed E-state index contributed by atoms with van der Waals surface area (Å²) in [7, 11) is 0. The van der Waals surface area contributed by atoms with E-state index in [1.807, 2.05) is 0 Å². The summed E-state index contributed by atoms with van der Waals surface area (Å²) in [5.41, 5.74) is 2.14. The molecule has 1 heterocycles. The molecule has 1 N–H and O–H groups in total. The predicted octanol–water partition coefficient (Wildman–Crippen LogP) is 3.50. The number of aromatic nitrogens is 1. The molecule has 4 atom stereocenters. The van der Waals surface area contributed by atoms with Gasteiger partial charge in [-0.1, -0.05) is 0 Å². The van der Waals surface area contributed by atoms with Crippen LogP contribution in [0, 0.1) is 31.4 Å². The summed E-state index contributed by atoms with van der Waals surface area (Å²) >= 11 is 0. The summed E-state index contributed by atoms with van der Waals surface area (Å²) in [6, 6.07) is 3.47. The van der Waals surface area contributed by atoms with Crippen molar-refractivity contribution in [1.29, 1.82) is 0 Å². The molecule has 8 heteroatoms. The molecule has 0 spiro atoms. The molecule has 0 aliphatic heterocycles. The van der Waals surface area contributed by atoms with Crippen molar-refractivity contribution in [3.05, 3.63) is 52.7 Å². The number of ketones is 2. The highest BCUT2D eigenvalue weighted by molar-refractivity contribution is 6.15. The Morgan fingerprint density at radius 2 is 1.81 bits per heavy atom. The zero-order valence-corrected chi connectivity index (χ0v) is 17.0. The van der Waals surface area contributed by atoms with E-state index in [1.165, 1.54) is 0 Å². The third kappa shape index (κ3) is 4.11. The van der Waals surface area contributed by atoms with Crippen molar-refractivity contribution < 1.29 is 27.6 Å². The summed E-state index contributed by atoms with van der Waals surface area (Å²) in [6.45, 7) is 3.42. The molecule has 2 aromatic rings. The summed E-state index contributed by atoms with van der Waals surface area (Å²) in [5.74, 6) is -4.38. The number of rotatable bonds is 5. The van der Waals surface area contributed by atoms with Crippen molar-refractivity contribution in [2.24, 2.45) is 5.92 Å². The fourth-order valence-corrected chi connectivity index (χ4v) is 4.33. The maximum Gasteiger partial charge on any atom is 0.221 e. The van der Waals surface area contributed by atoms with E-state index in [9.17, 15) is 27.6 Å². The highest BCUT2D eigenvalue weighted by atomic mass is 19.1. The normalized spacial score (nSPS) is 25.1. The first-order chi connectivity index (χ1) is 14.7. The molecule has 2 aliphatic carbocycles. The number of Topliss-reactive ketones (excluding diaryl/α,β-unsaturated/α-hetero) is 2. The molecule has 5 nitrogen and oxygen atoms in total. The van der Waals surface area contributed by atoms with Crippen LogP contribution in [0.15, 0.2) is 24.4 Å². The Hall–Kier alpha value is -3.03. The lowest BCUT2D eigenvalue weighted by Gasteiger charge is -2.17. The number of hydrogen-bond donors (Lipinski definition) is 1. The van der Waals surface area contributed by atoms with Crippen LogP contribution in [-0.4, -0.2) is 34.7 Å². The van der Waals surface area contributed by atoms with Crippen LogP contribution in [0.1, 0.15) is 41.9 Å². The van der Waals surface area contributed by atoms with Crippen molar-refractivity contribution in [3.8, 4) is 11.3 Å². The number of pyridine rings is 1. The number of alkyl halides is 1. The average Bonchev–Trinajstić information content (AvgIpc) is 3.29. The van der Waals surface area contributed by atoms with E-state index in [1.54, 1.807) is 26.0 Å². The summed E-state index contributed by atoms with van der Waals surface area (Å²) in [5, 5.41) is 2.53. The van der Waals surface area contributed by atoms with Gasteiger partial charge >= 0.3 is 0 Å². The third-order valence-corrected chi connectivity index (χ3v) is 5.91. The third-order valence-electron chi connectivity index (χ3n) is 5.91. The number of benzene rings is 1. The molecule has 2 aliphatic rings. The number of halogens is 3.